The molecular weight excluding hydrogens is 331 g/mol. The minimum atomic E-state index is -4.32. The van der Waals surface area contributed by atoms with Crippen LogP contribution in [0.15, 0.2) is 30.5 Å². The van der Waals surface area contributed by atoms with E-state index < -0.39 is 11.7 Å². The Morgan fingerprint density at radius 1 is 1.16 bits per heavy atom. The molecule has 1 N–H and O–H groups in total. The maximum absolute atomic E-state index is 12.7. The van der Waals surface area contributed by atoms with Crippen molar-refractivity contribution in [3.8, 4) is 11.3 Å². The van der Waals surface area contributed by atoms with Gasteiger partial charge in [0.05, 0.1) is 36.7 Å². The third kappa shape index (κ3) is 3.30. The van der Waals surface area contributed by atoms with Crippen LogP contribution in [0.4, 0.5) is 13.2 Å². The molecule has 1 aliphatic carbocycles. The molecule has 134 valence electrons. The van der Waals surface area contributed by atoms with Gasteiger partial charge in [0.2, 0.25) is 0 Å². The quantitative estimate of drug-likeness (QED) is 0.908. The van der Waals surface area contributed by atoms with Crippen molar-refractivity contribution in [2.45, 2.75) is 37.5 Å². The van der Waals surface area contributed by atoms with Gasteiger partial charge in [-0.3, -0.25) is 4.90 Å². The number of hydrogen-bond donors (Lipinski definition) is 1. The van der Waals surface area contributed by atoms with Gasteiger partial charge in [0.15, 0.2) is 0 Å². The summed E-state index contributed by atoms with van der Waals surface area (Å²) in [5.74, 6) is 0.821. The van der Waals surface area contributed by atoms with Crippen LogP contribution in [0.2, 0.25) is 0 Å². The lowest BCUT2D eigenvalue weighted by Gasteiger charge is -2.44. The summed E-state index contributed by atoms with van der Waals surface area (Å²) in [6.07, 6.45) is 1.06. The number of rotatable bonds is 3. The molecule has 2 heterocycles. The van der Waals surface area contributed by atoms with E-state index in [0.29, 0.717) is 18.2 Å². The molecule has 7 heteroatoms. The SMILES string of the molecule is FC(F)(F)c1ccc(-c2cnc([C@@H]3COCCN3C3CCC3)[nH]2)cc1. The van der Waals surface area contributed by atoms with Crippen LogP contribution < -0.4 is 0 Å². The van der Waals surface area contributed by atoms with Gasteiger partial charge in [-0.2, -0.15) is 13.2 Å². The first kappa shape index (κ1) is 16.6. The van der Waals surface area contributed by atoms with E-state index in [1.807, 2.05) is 0 Å². The summed E-state index contributed by atoms with van der Waals surface area (Å²) in [6.45, 7) is 2.22. The number of aromatic nitrogens is 2. The van der Waals surface area contributed by atoms with Gasteiger partial charge in [0.1, 0.15) is 5.82 Å². The summed E-state index contributed by atoms with van der Waals surface area (Å²) in [4.78, 5) is 10.2. The molecule has 1 saturated heterocycles. The van der Waals surface area contributed by atoms with Crippen molar-refractivity contribution in [1.82, 2.24) is 14.9 Å². The van der Waals surface area contributed by atoms with E-state index in [9.17, 15) is 13.2 Å². The van der Waals surface area contributed by atoms with Crippen LogP contribution in [0.3, 0.4) is 0 Å². The maximum Gasteiger partial charge on any atom is 0.416 e. The largest absolute Gasteiger partial charge is 0.416 e. The molecule has 0 amide bonds. The van der Waals surface area contributed by atoms with Gasteiger partial charge in [-0.1, -0.05) is 18.6 Å². The van der Waals surface area contributed by atoms with Crippen molar-refractivity contribution in [1.29, 1.82) is 0 Å². The number of benzene rings is 1. The van der Waals surface area contributed by atoms with E-state index in [0.717, 1.165) is 36.8 Å². The van der Waals surface area contributed by atoms with E-state index in [-0.39, 0.29) is 6.04 Å². The maximum atomic E-state index is 12.7. The summed E-state index contributed by atoms with van der Waals surface area (Å²) >= 11 is 0. The third-order valence-corrected chi connectivity index (χ3v) is 5.15. The molecule has 1 saturated carbocycles. The molecule has 0 spiro atoms. The van der Waals surface area contributed by atoms with Gasteiger partial charge in [0.25, 0.3) is 0 Å². The molecule has 2 fully saturated rings. The molecule has 4 nitrogen and oxygen atoms in total. The smallest absolute Gasteiger partial charge is 0.378 e. The fourth-order valence-electron chi connectivity index (χ4n) is 3.50. The highest BCUT2D eigenvalue weighted by Crippen LogP contribution is 2.34. The minimum absolute atomic E-state index is 0.0854. The number of morpholine rings is 1. The number of nitrogens with zero attached hydrogens (tertiary/aromatic N) is 2. The zero-order valence-electron chi connectivity index (χ0n) is 13.7. The molecule has 25 heavy (non-hydrogen) atoms. The predicted molar refractivity (Wildman–Crippen MR) is 86.9 cm³/mol. The molecular formula is C18H20F3N3O. The number of hydrogen-bond acceptors (Lipinski definition) is 3. The summed E-state index contributed by atoms with van der Waals surface area (Å²) in [5, 5.41) is 0. The Morgan fingerprint density at radius 3 is 2.56 bits per heavy atom. The van der Waals surface area contributed by atoms with Crippen molar-refractivity contribution in [2.75, 3.05) is 19.8 Å². The zero-order chi connectivity index (χ0) is 17.4. The van der Waals surface area contributed by atoms with E-state index in [1.54, 1.807) is 6.20 Å². The first-order chi connectivity index (χ1) is 12.0. The van der Waals surface area contributed by atoms with Crippen LogP contribution in [0.25, 0.3) is 11.3 Å². The van der Waals surface area contributed by atoms with Gasteiger partial charge >= 0.3 is 6.18 Å². The summed E-state index contributed by atoms with van der Waals surface area (Å²) in [5.41, 5.74) is 0.773. The highest BCUT2D eigenvalue weighted by atomic mass is 19.4. The van der Waals surface area contributed by atoms with E-state index >= 15 is 0 Å². The number of nitrogens with one attached hydrogen (secondary N) is 1. The predicted octanol–water partition coefficient (Wildman–Crippen LogP) is 4.02. The number of halogens is 3. The fraction of sp³-hybridized carbons (Fsp3) is 0.500. The number of imidazole rings is 1. The molecule has 0 radical (unpaired) electrons. The van der Waals surface area contributed by atoms with E-state index in [1.165, 1.54) is 31.4 Å². The highest BCUT2D eigenvalue weighted by Gasteiger charge is 2.35. The summed E-state index contributed by atoms with van der Waals surface area (Å²) < 4.78 is 43.7. The Balaban J connectivity index is 1.55. The van der Waals surface area contributed by atoms with Crippen LogP contribution >= 0.6 is 0 Å². The molecule has 0 unspecified atom stereocenters. The van der Waals surface area contributed by atoms with Gasteiger partial charge in [0, 0.05) is 12.6 Å². The Hall–Kier alpha value is -1.86. The molecule has 0 bridgehead atoms. The Labute approximate surface area is 144 Å². The van der Waals surface area contributed by atoms with Gasteiger partial charge in [-0.25, -0.2) is 4.98 Å². The first-order valence-electron chi connectivity index (χ1n) is 8.58. The second kappa shape index (κ2) is 6.46. The topological polar surface area (TPSA) is 41.1 Å². The van der Waals surface area contributed by atoms with Gasteiger partial charge in [-0.05, 0) is 30.5 Å². The molecule has 1 aliphatic heterocycles. The van der Waals surface area contributed by atoms with E-state index in [2.05, 4.69) is 14.9 Å². The normalized spacial score (nSPS) is 22.8. The number of ether oxygens (including phenoxy) is 1. The van der Waals surface area contributed by atoms with E-state index in [4.69, 9.17) is 4.74 Å². The zero-order valence-corrected chi connectivity index (χ0v) is 13.7. The summed E-state index contributed by atoms with van der Waals surface area (Å²) in [7, 11) is 0. The van der Waals surface area contributed by atoms with Crippen LogP contribution in [0.1, 0.15) is 36.7 Å². The number of alkyl halides is 3. The second-order valence-electron chi connectivity index (χ2n) is 6.67. The van der Waals surface area contributed by atoms with Gasteiger partial charge in [-0.15, -0.1) is 0 Å². The Kier molecular flexibility index (Phi) is 4.29. The molecule has 4 rings (SSSR count). The lowest BCUT2D eigenvalue weighted by Crippen LogP contribution is -2.48. The van der Waals surface area contributed by atoms with Crippen molar-refractivity contribution in [3.63, 3.8) is 0 Å². The molecule has 2 aromatic rings. The lowest BCUT2D eigenvalue weighted by atomic mass is 9.90. The van der Waals surface area contributed by atoms with Crippen LogP contribution in [-0.2, 0) is 10.9 Å². The Morgan fingerprint density at radius 2 is 1.92 bits per heavy atom. The Bertz CT molecular complexity index is 722. The second-order valence-corrected chi connectivity index (χ2v) is 6.67. The fourth-order valence-corrected chi connectivity index (χ4v) is 3.50. The standard InChI is InChI=1S/C18H20F3N3O/c19-18(20,21)13-6-4-12(5-7-13)15-10-22-17(23-15)16-11-25-9-8-24(16)14-2-1-3-14/h4-7,10,14,16H,1-3,8-9,11H2,(H,22,23)/t16-/m0/s1. The van der Waals surface area contributed by atoms with Crippen molar-refractivity contribution in [3.05, 3.63) is 41.9 Å². The van der Waals surface area contributed by atoms with Crippen molar-refractivity contribution >= 4 is 0 Å². The monoisotopic (exact) mass is 351 g/mol. The average molecular weight is 351 g/mol. The molecule has 1 aromatic carbocycles. The first-order valence-corrected chi connectivity index (χ1v) is 8.58. The average Bonchev–Trinajstić information content (AvgIpc) is 3.03. The van der Waals surface area contributed by atoms with Crippen LogP contribution in [0.5, 0.6) is 0 Å². The molecule has 1 aromatic heterocycles. The van der Waals surface area contributed by atoms with Crippen LogP contribution in [-0.4, -0.2) is 40.7 Å². The molecule has 2 aliphatic rings. The minimum Gasteiger partial charge on any atom is -0.378 e. The summed E-state index contributed by atoms with van der Waals surface area (Å²) in [6, 6.07) is 5.82. The lowest BCUT2D eigenvalue weighted by molar-refractivity contribution is -0.137. The third-order valence-electron chi connectivity index (χ3n) is 5.15. The number of aromatic amines is 1. The van der Waals surface area contributed by atoms with Crippen LogP contribution in [0, 0.1) is 0 Å². The molecule has 1 atom stereocenters. The van der Waals surface area contributed by atoms with Gasteiger partial charge < -0.3 is 9.72 Å². The van der Waals surface area contributed by atoms with Crippen molar-refractivity contribution < 1.29 is 17.9 Å². The highest BCUT2D eigenvalue weighted by molar-refractivity contribution is 5.59. The van der Waals surface area contributed by atoms with Crippen molar-refractivity contribution in [2.24, 2.45) is 0 Å². The number of H-pyrrole nitrogens is 1.